The molecule has 0 atom stereocenters. The van der Waals surface area contributed by atoms with E-state index in [0.717, 1.165) is 49.7 Å². The summed E-state index contributed by atoms with van der Waals surface area (Å²) in [6.07, 6.45) is 10.2. The van der Waals surface area contributed by atoms with Crippen LogP contribution in [0.15, 0.2) is 23.3 Å². The Labute approximate surface area is 146 Å². The zero-order valence-electron chi connectivity index (χ0n) is 15.7. The summed E-state index contributed by atoms with van der Waals surface area (Å²) in [6.45, 7) is 9.04. The molecule has 1 aliphatic heterocycles. The van der Waals surface area contributed by atoms with E-state index >= 15 is 0 Å². The third-order valence-electron chi connectivity index (χ3n) is 4.24. The number of cyclic esters (lactones) is 1. The SMILES string of the molecule is CCCCCC1=C(/C=C\CCCC(=O)OCC)C(C)(C)COC1=O. The molecule has 1 heterocycles. The minimum atomic E-state index is -0.170. The molecule has 136 valence electrons. The van der Waals surface area contributed by atoms with Crippen LogP contribution >= 0.6 is 0 Å². The Hall–Kier alpha value is -1.58. The lowest BCUT2D eigenvalue weighted by Gasteiger charge is -2.33. The van der Waals surface area contributed by atoms with E-state index in [0.29, 0.717) is 19.6 Å². The molecule has 0 N–H and O–H groups in total. The number of carbonyl (C=O) groups is 2. The van der Waals surface area contributed by atoms with E-state index in [1.807, 2.05) is 6.92 Å². The van der Waals surface area contributed by atoms with Gasteiger partial charge in [-0.05, 0) is 38.2 Å². The second kappa shape index (κ2) is 10.3. The average molecular weight is 336 g/mol. The van der Waals surface area contributed by atoms with Crippen LogP contribution in [0.1, 0.15) is 72.6 Å². The van der Waals surface area contributed by atoms with Crippen molar-refractivity contribution in [2.45, 2.75) is 72.6 Å². The van der Waals surface area contributed by atoms with Crippen LogP contribution in [0.3, 0.4) is 0 Å². The van der Waals surface area contributed by atoms with E-state index in [-0.39, 0.29) is 17.4 Å². The summed E-state index contributed by atoms with van der Waals surface area (Å²) in [5.41, 5.74) is 1.75. The highest BCUT2D eigenvalue weighted by Gasteiger charge is 2.33. The van der Waals surface area contributed by atoms with Crippen LogP contribution < -0.4 is 0 Å². The van der Waals surface area contributed by atoms with Crippen LogP contribution in [0.5, 0.6) is 0 Å². The van der Waals surface area contributed by atoms with Gasteiger partial charge in [-0.1, -0.05) is 45.8 Å². The van der Waals surface area contributed by atoms with Crippen LogP contribution in [-0.2, 0) is 19.1 Å². The second-order valence-corrected chi connectivity index (χ2v) is 6.91. The molecule has 0 saturated heterocycles. The molecule has 0 saturated carbocycles. The number of unbranched alkanes of at least 4 members (excludes halogenated alkanes) is 3. The lowest BCUT2D eigenvalue weighted by atomic mass is 9.79. The molecule has 0 radical (unpaired) electrons. The van der Waals surface area contributed by atoms with Crippen LogP contribution in [0.25, 0.3) is 0 Å². The Morgan fingerprint density at radius 1 is 1.25 bits per heavy atom. The first-order valence-electron chi connectivity index (χ1n) is 9.15. The smallest absolute Gasteiger partial charge is 0.334 e. The van der Waals surface area contributed by atoms with Gasteiger partial charge in [0.2, 0.25) is 0 Å². The first kappa shape index (κ1) is 20.5. The van der Waals surface area contributed by atoms with Crippen molar-refractivity contribution in [1.29, 1.82) is 0 Å². The van der Waals surface area contributed by atoms with E-state index in [2.05, 4.69) is 32.9 Å². The van der Waals surface area contributed by atoms with E-state index in [1.54, 1.807) is 0 Å². The summed E-state index contributed by atoms with van der Waals surface area (Å²) in [4.78, 5) is 23.5. The fraction of sp³-hybridized carbons (Fsp3) is 0.700. The molecule has 1 aliphatic rings. The molecule has 0 amide bonds. The molecule has 1 rings (SSSR count). The Bertz CT molecular complexity index is 486. The number of hydrogen-bond donors (Lipinski definition) is 0. The maximum Gasteiger partial charge on any atom is 0.334 e. The highest BCUT2D eigenvalue weighted by Crippen LogP contribution is 2.36. The van der Waals surface area contributed by atoms with E-state index < -0.39 is 0 Å². The first-order chi connectivity index (χ1) is 11.4. The molecule has 0 aromatic carbocycles. The number of allylic oxidation sites excluding steroid dienone is 2. The van der Waals surface area contributed by atoms with Gasteiger partial charge in [0.05, 0.1) is 6.61 Å². The zero-order valence-corrected chi connectivity index (χ0v) is 15.7. The number of carbonyl (C=O) groups excluding carboxylic acids is 2. The van der Waals surface area contributed by atoms with Gasteiger partial charge in [0.1, 0.15) is 6.61 Å². The number of hydrogen-bond acceptors (Lipinski definition) is 4. The van der Waals surface area contributed by atoms with Crippen LogP contribution in [0.2, 0.25) is 0 Å². The molecular weight excluding hydrogens is 304 g/mol. The van der Waals surface area contributed by atoms with E-state index in [4.69, 9.17) is 9.47 Å². The van der Waals surface area contributed by atoms with Gasteiger partial charge in [-0.15, -0.1) is 0 Å². The van der Waals surface area contributed by atoms with Crippen molar-refractivity contribution in [3.63, 3.8) is 0 Å². The predicted octanol–water partition coefficient (Wildman–Crippen LogP) is 4.74. The lowest BCUT2D eigenvalue weighted by Crippen LogP contribution is -2.31. The summed E-state index contributed by atoms with van der Waals surface area (Å²) >= 11 is 0. The molecule has 0 aromatic heterocycles. The number of ether oxygens (including phenoxy) is 2. The van der Waals surface area contributed by atoms with Crippen molar-refractivity contribution in [3.8, 4) is 0 Å². The first-order valence-corrected chi connectivity index (χ1v) is 9.15. The molecule has 4 heteroatoms. The lowest BCUT2D eigenvalue weighted by molar-refractivity contribution is -0.144. The monoisotopic (exact) mass is 336 g/mol. The predicted molar refractivity (Wildman–Crippen MR) is 95.5 cm³/mol. The van der Waals surface area contributed by atoms with Gasteiger partial charge in [0.15, 0.2) is 0 Å². The Morgan fingerprint density at radius 3 is 2.67 bits per heavy atom. The van der Waals surface area contributed by atoms with Crippen molar-refractivity contribution in [3.05, 3.63) is 23.3 Å². The normalized spacial score (nSPS) is 17.2. The highest BCUT2D eigenvalue weighted by atomic mass is 16.5. The Kier molecular flexibility index (Phi) is 8.80. The fourth-order valence-corrected chi connectivity index (χ4v) is 2.84. The van der Waals surface area contributed by atoms with Crippen molar-refractivity contribution < 1.29 is 19.1 Å². The van der Waals surface area contributed by atoms with Crippen LogP contribution in [0, 0.1) is 5.41 Å². The molecule has 0 aromatic rings. The van der Waals surface area contributed by atoms with Gasteiger partial charge in [-0.2, -0.15) is 0 Å². The van der Waals surface area contributed by atoms with Crippen molar-refractivity contribution in [2.75, 3.05) is 13.2 Å². The van der Waals surface area contributed by atoms with Gasteiger partial charge in [0.25, 0.3) is 0 Å². The Balaban J connectivity index is 2.71. The maximum absolute atomic E-state index is 12.2. The van der Waals surface area contributed by atoms with Crippen LogP contribution in [-0.4, -0.2) is 25.2 Å². The van der Waals surface area contributed by atoms with E-state index in [9.17, 15) is 9.59 Å². The molecule has 0 aliphatic carbocycles. The maximum atomic E-state index is 12.2. The van der Waals surface area contributed by atoms with E-state index in [1.165, 1.54) is 0 Å². The van der Waals surface area contributed by atoms with Gasteiger partial charge >= 0.3 is 11.9 Å². The summed E-state index contributed by atoms with van der Waals surface area (Å²) in [6, 6.07) is 0. The minimum absolute atomic E-state index is 0.146. The van der Waals surface area contributed by atoms with Gasteiger partial charge in [-0.25, -0.2) is 4.79 Å². The highest BCUT2D eigenvalue weighted by molar-refractivity contribution is 5.91. The summed E-state index contributed by atoms with van der Waals surface area (Å²) in [7, 11) is 0. The molecule has 0 unspecified atom stereocenters. The van der Waals surface area contributed by atoms with Gasteiger partial charge in [0, 0.05) is 17.4 Å². The molecule has 4 nitrogen and oxygen atoms in total. The fourth-order valence-electron chi connectivity index (χ4n) is 2.84. The van der Waals surface area contributed by atoms with Crippen LogP contribution in [0.4, 0.5) is 0 Å². The second-order valence-electron chi connectivity index (χ2n) is 6.91. The van der Waals surface area contributed by atoms with Gasteiger partial charge < -0.3 is 9.47 Å². The third-order valence-corrected chi connectivity index (χ3v) is 4.24. The largest absolute Gasteiger partial charge is 0.466 e. The number of rotatable bonds is 10. The summed E-state index contributed by atoms with van der Waals surface area (Å²) in [5, 5.41) is 0. The topological polar surface area (TPSA) is 52.6 Å². The summed E-state index contributed by atoms with van der Waals surface area (Å²) < 4.78 is 10.3. The molecular formula is C20H32O4. The van der Waals surface area contributed by atoms with Crippen molar-refractivity contribution in [2.24, 2.45) is 5.41 Å². The van der Waals surface area contributed by atoms with Crippen molar-refractivity contribution in [1.82, 2.24) is 0 Å². The zero-order chi connectivity index (χ0) is 18.0. The number of esters is 2. The molecule has 0 spiro atoms. The molecule has 0 fully saturated rings. The minimum Gasteiger partial charge on any atom is -0.466 e. The van der Waals surface area contributed by atoms with Crippen molar-refractivity contribution >= 4 is 11.9 Å². The molecule has 0 bridgehead atoms. The van der Waals surface area contributed by atoms with Gasteiger partial charge in [-0.3, -0.25) is 4.79 Å². The Morgan fingerprint density at radius 2 is 2.00 bits per heavy atom. The third kappa shape index (κ3) is 6.50. The standard InChI is InChI=1S/C20H32O4/c1-5-7-9-12-16-17(20(3,4)15-24-19(16)22)13-10-8-11-14-18(21)23-6-2/h10,13H,5-9,11-12,14-15H2,1-4H3/b13-10-. The summed E-state index contributed by atoms with van der Waals surface area (Å²) in [5.74, 6) is -0.316. The quantitative estimate of drug-likeness (QED) is 0.427. The molecule has 24 heavy (non-hydrogen) atoms. The average Bonchev–Trinajstić information content (AvgIpc) is 2.53.